The summed E-state index contributed by atoms with van der Waals surface area (Å²) in [4.78, 5) is 2.99. The number of fused-ring (bicyclic) bond motifs is 1. The minimum absolute atomic E-state index is 0.177. The van der Waals surface area contributed by atoms with Crippen molar-refractivity contribution < 1.29 is 4.39 Å². The summed E-state index contributed by atoms with van der Waals surface area (Å²) in [7, 11) is 0. The Kier molecular flexibility index (Phi) is 1.43. The smallest absolute Gasteiger partial charge is 0.147 e. The molecule has 1 aromatic heterocycles. The van der Waals surface area contributed by atoms with E-state index in [1.54, 1.807) is 6.07 Å². The van der Waals surface area contributed by atoms with E-state index < -0.39 is 0 Å². The van der Waals surface area contributed by atoms with Gasteiger partial charge in [0.1, 0.15) is 5.82 Å². The van der Waals surface area contributed by atoms with Crippen LogP contribution in [-0.2, 0) is 0 Å². The molecule has 0 aliphatic rings. The van der Waals surface area contributed by atoms with Crippen LogP contribution in [0.4, 0.5) is 4.39 Å². The van der Waals surface area contributed by atoms with Crippen molar-refractivity contribution in [2.75, 3.05) is 0 Å². The zero-order chi connectivity index (χ0) is 8.72. The molecule has 0 atom stereocenters. The van der Waals surface area contributed by atoms with Gasteiger partial charge in [0.25, 0.3) is 0 Å². The van der Waals surface area contributed by atoms with E-state index in [0.29, 0.717) is 5.52 Å². The average molecular weight is 163 g/mol. The lowest BCUT2D eigenvalue weighted by Crippen LogP contribution is -1.79. The first kappa shape index (κ1) is 7.35. The number of rotatable bonds is 0. The average Bonchev–Trinajstić information content (AvgIpc) is 2.41. The molecule has 1 nitrogen and oxygen atoms in total. The Morgan fingerprint density at radius 1 is 1.25 bits per heavy atom. The molecule has 12 heavy (non-hydrogen) atoms. The fraction of sp³-hybridized carbons (Fsp3) is 0.200. The number of hydrogen-bond acceptors (Lipinski definition) is 0. The van der Waals surface area contributed by atoms with Crippen molar-refractivity contribution in [3.63, 3.8) is 0 Å². The standard InChI is InChI=1S/C10H10FN/c1-6-3-4-9(11)10-8(6)5-7(2)12-10/h3-5,12H,1-2H3. The van der Waals surface area contributed by atoms with Crippen molar-refractivity contribution in [1.82, 2.24) is 4.98 Å². The molecule has 1 aromatic carbocycles. The molecule has 0 unspecified atom stereocenters. The molecule has 62 valence electrons. The van der Waals surface area contributed by atoms with Crippen molar-refractivity contribution in [3.8, 4) is 0 Å². The highest BCUT2D eigenvalue weighted by Gasteiger charge is 2.04. The fourth-order valence-electron chi connectivity index (χ4n) is 1.46. The Morgan fingerprint density at radius 3 is 2.67 bits per heavy atom. The van der Waals surface area contributed by atoms with E-state index in [4.69, 9.17) is 0 Å². The summed E-state index contributed by atoms with van der Waals surface area (Å²) in [6, 6.07) is 5.26. The summed E-state index contributed by atoms with van der Waals surface area (Å²) in [6.07, 6.45) is 0. The van der Waals surface area contributed by atoms with Gasteiger partial charge in [-0.25, -0.2) is 4.39 Å². The molecular weight excluding hydrogens is 153 g/mol. The lowest BCUT2D eigenvalue weighted by atomic mass is 10.1. The number of halogens is 1. The van der Waals surface area contributed by atoms with Crippen LogP contribution in [0.3, 0.4) is 0 Å². The Morgan fingerprint density at radius 2 is 2.00 bits per heavy atom. The second-order valence-corrected chi connectivity index (χ2v) is 3.11. The van der Waals surface area contributed by atoms with E-state index in [-0.39, 0.29) is 5.82 Å². The van der Waals surface area contributed by atoms with E-state index in [0.717, 1.165) is 16.6 Å². The van der Waals surface area contributed by atoms with E-state index in [9.17, 15) is 4.39 Å². The van der Waals surface area contributed by atoms with Gasteiger partial charge in [-0.2, -0.15) is 0 Å². The first-order chi connectivity index (χ1) is 5.68. The number of H-pyrrole nitrogens is 1. The molecule has 0 radical (unpaired) electrons. The molecule has 0 aliphatic carbocycles. The maximum absolute atomic E-state index is 13.1. The van der Waals surface area contributed by atoms with Crippen LogP contribution in [0.25, 0.3) is 10.9 Å². The number of aromatic nitrogens is 1. The van der Waals surface area contributed by atoms with Gasteiger partial charge in [-0.3, -0.25) is 0 Å². The van der Waals surface area contributed by atoms with Crippen LogP contribution < -0.4 is 0 Å². The molecule has 0 bridgehead atoms. The molecule has 0 amide bonds. The molecule has 1 heterocycles. The van der Waals surface area contributed by atoms with E-state index in [2.05, 4.69) is 4.98 Å². The minimum atomic E-state index is -0.177. The van der Waals surface area contributed by atoms with Crippen LogP contribution in [0.2, 0.25) is 0 Å². The lowest BCUT2D eigenvalue weighted by molar-refractivity contribution is 0.637. The van der Waals surface area contributed by atoms with Gasteiger partial charge in [0, 0.05) is 11.1 Å². The molecule has 2 heteroatoms. The summed E-state index contributed by atoms with van der Waals surface area (Å²) < 4.78 is 13.1. The Balaban J connectivity index is 2.93. The van der Waals surface area contributed by atoms with Crippen molar-refractivity contribution in [2.24, 2.45) is 0 Å². The van der Waals surface area contributed by atoms with Crippen molar-refractivity contribution >= 4 is 10.9 Å². The largest absolute Gasteiger partial charge is 0.356 e. The summed E-state index contributed by atoms with van der Waals surface area (Å²) in [5, 5.41) is 0.979. The van der Waals surface area contributed by atoms with Crippen LogP contribution >= 0.6 is 0 Å². The molecule has 0 aliphatic heterocycles. The first-order valence-corrected chi connectivity index (χ1v) is 3.93. The van der Waals surface area contributed by atoms with E-state index >= 15 is 0 Å². The SMILES string of the molecule is Cc1cc2c(C)ccc(F)c2[nH]1. The van der Waals surface area contributed by atoms with Crippen LogP contribution in [0.15, 0.2) is 18.2 Å². The normalized spacial score (nSPS) is 10.9. The molecule has 2 aromatic rings. The topological polar surface area (TPSA) is 15.8 Å². The zero-order valence-electron chi connectivity index (χ0n) is 7.11. The highest BCUT2D eigenvalue weighted by Crippen LogP contribution is 2.21. The summed E-state index contributed by atoms with van der Waals surface area (Å²) in [6.45, 7) is 3.91. The van der Waals surface area contributed by atoms with E-state index in [1.807, 2.05) is 19.9 Å². The van der Waals surface area contributed by atoms with Crippen molar-refractivity contribution in [1.29, 1.82) is 0 Å². The van der Waals surface area contributed by atoms with Crippen LogP contribution in [-0.4, -0.2) is 4.98 Å². The Labute approximate surface area is 70.2 Å². The minimum Gasteiger partial charge on any atom is -0.356 e. The van der Waals surface area contributed by atoms with Crippen LogP contribution in [0, 0.1) is 19.7 Å². The van der Waals surface area contributed by atoms with Crippen LogP contribution in [0.5, 0.6) is 0 Å². The predicted octanol–water partition coefficient (Wildman–Crippen LogP) is 2.92. The summed E-state index contributed by atoms with van der Waals surface area (Å²) in [5.41, 5.74) is 2.72. The molecule has 0 saturated carbocycles. The fourth-order valence-corrected chi connectivity index (χ4v) is 1.46. The first-order valence-electron chi connectivity index (χ1n) is 3.93. The van der Waals surface area contributed by atoms with Gasteiger partial charge in [-0.15, -0.1) is 0 Å². The molecule has 1 N–H and O–H groups in total. The van der Waals surface area contributed by atoms with Crippen molar-refractivity contribution in [3.05, 3.63) is 35.3 Å². The highest BCUT2D eigenvalue weighted by molar-refractivity contribution is 5.84. The van der Waals surface area contributed by atoms with Gasteiger partial charge < -0.3 is 4.98 Å². The maximum atomic E-state index is 13.1. The molecular formula is C10H10FN. The second kappa shape index (κ2) is 2.34. The Hall–Kier alpha value is -1.31. The highest BCUT2D eigenvalue weighted by atomic mass is 19.1. The van der Waals surface area contributed by atoms with Gasteiger partial charge in [0.2, 0.25) is 0 Å². The lowest BCUT2D eigenvalue weighted by Gasteiger charge is -1.95. The molecule has 0 spiro atoms. The number of benzene rings is 1. The molecule has 0 saturated heterocycles. The third-order valence-electron chi connectivity index (χ3n) is 2.10. The number of aryl methyl sites for hydroxylation is 2. The van der Waals surface area contributed by atoms with Gasteiger partial charge >= 0.3 is 0 Å². The summed E-state index contributed by atoms with van der Waals surface area (Å²) in [5.74, 6) is -0.177. The third kappa shape index (κ3) is 0.916. The number of nitrogens with one attached hydrogen (secondary N) is 1. The van der Waals surface area contributed by atoms with Gasteiger partial charge in [0.05, 0.1) is 5.52 Å². The second-order valence-electron chi connectivity index (χ2n) is 3.11. The monoisotopic (exact) mass is 163 g/mol. The molecule has 2 rings (SSSR count). The number of aromatic amines is 1. The van der Waals surface area contributed by atoms with Gasteiger partial charge in [-0.05, 0) is 31.5 Å². The van der Waals surface area contributed by atoms with Crippen LogP contribution in [0.1, 0.15) is 11.3 Å². The maximum Gasteiger partial charge on any atom is 0.147 e. The Bertz CT molecular complexity index is 390. The molecule has 0 fully saturated rings. The van der Waals surface area contributed by atoms with E-state index in [1.165, 1.54) is 6.07 Å². The number of hydrogen-bond donors (Lipinski definition) is 1. The van der Waals surface area contributed by atoms with Crippen molar-refractivity contribution in [2.45, 2.75) is 13.8 Å². The zero-order valence-corrected chi connectivity index (χ0v) is 7.11. The predicted molar refractivity (Wildman–Crippen MR) is 47.7 cm³/mol. The third-order valence-corrected chi connectivity index (χ3v) is 2.10. The quantitative estimate of drug-likeness (QED) is 0.614. The van der Waals surface area contributed by atoms with Gasteiger partial charge in [-0.1, -0.05) is 6.07 Å². The van der Waals surface area contributed by atoms with Gasteiger partial charge in [0.15, 0.2) is 0 Å². The summed E-state index contributed by atoms with van der Waals surface area (Å²) >= 11 is 0.